The smallest absolute Gasteiger partial charge is 0.251 e. The van der Waals surface area contributed by atoms with Crippen molar-refractivity contribution in [3.05, 3.63) is 77.1 Å². The van der Waals surface area contributed by atoms with E-state index in [1.165, 1.54) is 23.5 Å². The average Bonchev–Trinajstić information content (AvgIpc) is 3.20. The number of rotatable bonds is 8. The molecule has 29 heavy (non-hydrogen) atoms. The van der Waals surface area contributed by atoms with Crippen molar-refractivity contribution in [3.8, 4) is 10.6 Å². The quantitative estimate of drug-likeness (QED) is 0.567. The molecule has 1 aromatic heterocycles. The number of hydrogen-bond donors (Lipinski definition) is 1. The molecule has 0 unspecified atom stereocenters. The highest BCUT2D eigenvalue weighted by molar-refractivity contribution is 7.13. The molecule has 2 aromatic carbocycles. The summed E-state index contributed by atoms with van der Waals surface area (Å²) in [6.45, 7) is 0.853. The van der Waals surface area contributed by atoms with Gasteiger partial charge in [0.1, 0.15) is 10.8 Å². The van der Waals surface area contributed by atoms with Gasteiger partial charge in [0.05, 0.1) is 12.2 Å². The summed E-state index contributed by atoms with van der Waals surface area (Å²) in [4.78, 5) is 30.4. The molecule has 0 radical (unpaired) electrons. The number of aromatic nitrogens is 1. The Kier molecular flexibility index (Phi) is 7.08. The van der Waals surface area contributed by atoms with Crippen LogP contribution < -0.4 is 5.32 Å². The predicted molar refractivity (Wildman–Crippen MR) is 112 cm³/mol. The van der Waals surface area contributed by atoms with Crippen LogP contribution in [-0.2, 0) is 11.3 Å². The van der Waals surface area contributed by atoms with E-state index in [9.17, 15) is 14.0 Å². The number of carbonyl (C=O) groups excluding carboxylic acids is 2. The average molecular weight is 412 g/mol. The van der Waals surface area contributed by atoms with Crippen molar-refractivity contribution in [2.45, 2.75) is 19.4 Å². The van der Waals surface area contributed by atoms with E-state index >= 15 is 0 Å². The molecule has 0 bridgehead atoms. The zero-order valence-corrected chi connectivity index (χ0v) is 16.9. The number of halogens is 1. The van der Waals surface area contributed by atoms with Gasteiger partial charge in [-0.15, -0.1) is 11.3 Å². The van der Waals surface area contributed by atoms with Crippen molar-refractivity contribution >= 4 is 23.2 Å². The molecule has 0 aliphatic heterocycles. The molecule has 3 rings (SSSR count). The van der Waals surface area contributed by atoms with E-state index in [0.29, 0.717) is 31.5 Å². The minimum Gasteiger partial charge on any atom is -0.352 e. The number of carbonyl (C=O) groups is 2. The largest absolute Gasteiger partial charge is 0.352 e. The first-order valence-electron chi connectivity index (χ1n) is 9.30. The second kappa shape index (κ2) is 9.93. The van der Waals surface area contributed by atoms with E-state index in [1.807, 2.05) is 23.6 Å². The van der Waals surface area contributed by atoms with E-state index in [1.54, 1.807) is 36.2 Å². The van der Waals surface area contributed by atoms with Crippen molar-refractivity contribution in [2.24, 2.45) is 0 Å². The van der Waals surface area contributed by atoms with Crippen LogP contribution in [0.25, 0.3) is 10.6 Å². The summed E-state index contributed by atoms with van der Waals surface area (Å²) in [6.07, 6.45) is 0.917. The standard InChI is InChI=1S/C22H22FN3O2S/c1-26(14-19-15-29-22(25-19)17-9-11-18(23)12-10-17)20(27)8-5-13-24-21(28)16-6-3-2-4-7-16/h2-4,6-7,9-12,15H,5,8,13-14H2,1H3,(H,24,28). The van der Waals surface area contributed by atoms with Crippen LogP contribution in [0, 0.1) is 5.82 Å². The first-order chi connectivity index (χ1) is 14.0. The first kappa shape index (κ1) is 20.7. The molecular formula is C22H22FN3O2S. The SMILES string of the molecule is CN(Cc1csc(-c2ccc(F)cc2)n1)C(=O)CCCNC(=O)c1ccccc1. The van der Waals surface area contributed by atoms with Crippen LogP contribution in [-0.4, -0.2) is 35.3 Å². The molecule has 0 aliphatic rings. The number of thiazole rings is 1. The minimum absolute atomic E-state index is 0.00436. The minimum atomic E-state index is -0.282. The van der Waals surface area contributed by atoms with Gasteiger partial charge in [-0.05, 0) is 42.8 Å². The lowest BCUT2D eigenvalue weighted by Gasteiger charge is -2.16. The zero-order valence-electron chi connectivity index (χ0n) is 16.1. The number of benzene rings is 2. The van der Waals surface area contributed by atoms with Crippen LogP contribution in [0.1, 0.15) is 28.9 Å². The zero-order chi connectivity index (χ0) is 20.6. The fourth-order valence-corrected chi connectivity index (χ4v) is 3.58. The molecule has 0 saturated carbocycles. The first-order valence-corrected chi connectivity index (χ1v) is 10.2. The summed E-state index contributed by atoms with van der Waals surface area (Å²) in [5, 5.41) is 5.52. The van der Waals surface area contributed by atoms with Gasteiger partial charge in [0.25, 0.3) is 5.91 Å². The Morgan fingerprint density at radius 3 is 2.55 bits per heavy atom. The lowest BCUT2D eigenvalue weighted by atomic mass is 10.2. The Balaban J connectivity index is 1.42. The molecule has 1 N–H and O–H groups in total. The van der Waals surface area contributed by atoms with Gasteiger partial charge in [0.2, 0.25) is 5.91 Å². The molecule has 0 aliphatic carbocycles. The van der Waals surface area contributed by atoms with E-state index in [4.69, 9.17) is 0 Å². The molecule has 7 heteroatoms. The van der Waals surface area contributed by atoms with Gasteiger partial charge in [0.15, 0.2) is 0 Å². The molecule has 0 fully saturated rings. The molecule has 2 amide bonds. The maximum Gasteiger partial charge on any atom is 0.251 e. The van der Waals surface area contributed by atoms with Crippen molar-refractivity contribution in [2.75, 3.05) is 13.6 Å². The van der Waals surface area contributed by atoms with Gasteiger partial charge >= 0.3 is 0 Å². The Morgan fingerprint density at radius 2 is 1.83 bits per heavy atom. The molecule has 3 aromatic rings. The number of nitrogens with zero attached hydrogens (tertiary/aromatic N) is 2. The Bertz CT molecular complexity index is 958. The van der Waals surface area contributed by atoms with Crippen molar-refractivity contribution in [3.63, 3.8) is 0 Å². The molecule has 150 valence electrons. The van der Waals surface area contributed by atoms with Crippen LogP contribution in [0.5, 0.6) is 0 Å². The summed E-state index contributed by atoms with van der Waals surface area (Å²) in [5.74, 6) is -0.423. The third-order valence-electron chi connectivity index (χ3n) is 4.36. The lowest BCUT2D eigenvalue weighted by Crippen LogP contribution is -2.28. The van der Waals surface area contributed by atoms with Crippen molar-refractivity contribution < 1.29 is 14.0 Å². The Labute approximate surface area is 173 Å². The van der Waals surface area contributed by atoms with Crippen LogP contribution in [0.15, 0.2) is 60.0 Å². The van der Waals surface area contributed by atoms with Gasteiger partial charge in [0, 0.05) is 36.5 Å². The van der Waals surface area contributed by atoms with E-state index in [2.05, 4.69) is 10.3 Å². The van der Waals surface area contributed by atoms with Gasteiger partial charge < -0.3 is 10.2 Å². The van der Waals surface area contributed by atoms with Crippen LogP contribution in [0.3, 0.4) is 0 Å². The third kappa shape index (κ3) is 5.96. The number of amides is 2. The predicted octanol–water partition coefficient (Wildman–Crippen LogP) is 4.12. The summed E-state index contributed by atoms with van der Waals surface area (Å²) in [5.41, 5.74) is 2.25. The summed E-state index contributed by atoms with van der Waals surface area (Å²) >= 11 is 1.47. The summed E-state index contributed by atoms with van der Waals surface area (Å²) < 4.78 is 13.0. The summed E-state index contributed by atoms with van der Waals surface area (Å²) in [7, 11) is 1.74. The molecule has 1 heterocycles. The molecule has 0 atom stereocenters. The van der Waals surface area contributed by atoms with Crippen LogP contribution in [0.4, 0.5) is 4.39 Å². The second-order valence-corrected chi connectivity index (χ2v) is 7.48. The Hall–Kier alpha value is -3.06. The fraction of sp³-hybridized carbons (Fsp3) is 0.227. The molecule has 0 saturated heterocycles. The van der Waals surface area contributed by atoms with E-state index < -0.39 is 0 Å². The van der Waals surface area contributed by atoms with Gasteiger partial charge in [-0.25, -0.2) is 9.37 Å². The Morgan fingerprint density at radius 1 is 1.10 bits per heavy atom. The maximum absolute atomic E-state index is 13.0. The maximum atomic E-state index is 13.0. The van der Waals surface area contributed by atoms with Gasteiger partial charge in [-0.2, -0.15) is 0 Å². The highest BCUT2D eigenvalue weighted by Crippen LogP contribution is 2.24. The van der Waals surface area contributed by atoms with E-state index in [0.717, 1.165) is 16.3 Å². The van der Waals surface area contributed by atoms with Gasteiger partial charge in [-0.1, -0.05) is 18.2 Å². The van der Waals surface area contributed by atoms with Crippen molar-refractivity contribution in [1.29, 1.82) is 0 Å². The monoisotopic (exact) mass is 411 g/mol. The highest BCUT2D eigenvalue weighted by atomic mass is 32.1. The fourth-order valence-electron chi connectivity index (χ4n) is 2.76. The summed E-state index contributed by atoms with van der Waals surface area (Å²) in [6, 6.07) is 15.2. The lowest BCUT2D eigenvalue weighted by molar-refractivity contribution is -0.130. The highest BCUT2D eigenvalue weighted by Gasteiger charge is 2.12. The normalized spacial score (nSPS) is 10.6. The van der Waals surface area contributed by atoms with E-state index in [-0.39, 0.29) is 17.6 Å². The number of nitrogens with one attached hydrogen (secondary N) is 1. The molecule has 0 spiro atoms. The molecular weight excluding hydrogens is 389 g/mol. The number of hydrogen-bond acceptors (Lipinski definition) is 4. The molecule has 5 nitrogen and oxygen atoms in total. The van der Waals surface area contributed by atoms with Crippen LogP contribution >= 0.6 is 11.3 Å². The topological polar surface area (TPSA) is 62.3 Å². The van der Waals surface area contributed by atoms with Crippen LogP contribution in [0.2, 0.25) is 0 Å². The van der Waals surface area contributed by atoms with Gasteiger partial charge in [-0.3, -0.25) is 9.59 Å². The third-order valence-corrected chi connectivity index (χ3v) is 5.30. The second-order valence-electron chi connectivity index (χ2n) is 6.63. The van der Waals surface area contributed by atoms with Crippen molar-refractivity contribution in [1.82, 2.24) is 15.2 Å².